The summed E-state index contributed by atoms with van der Waals surface area (Å²) in [5.41, 5.74) is 8.71. The summed E-state index contributed by atoms with van der Waals surface area (Å²) in [5, 5.41) is 8.21. The molecule has 0 amide bonds. The normalized spacial score (nSPS) is 11.0. The van der Waals surface area contributed by atoms with Crippen LogP contribution in [-0.4, -0.2) is 47.1 Å². The third kappa shape index (κ3) is 3.74. The number of benzene rings is 2. The zero-order valence-electron chi connectivity index (χ0n) is 16.6. The number of rotatable bonds is 7. The molecule has 4 rings (SSSR count). The Labute approximate surface area is 172 Å². The van der Waals surface area contributed by atoms with Crippen molar-refractivity contribution in [3.05, 3.63) is 54.3 Å². The number of nitrogens with two attached hydrogens (primary N) is 1. The molecule has 0 radical (unpaired) electrons. The van der Waals surface area contributed by atoms with Gasteiger partial charge >= 0.3 is 0 Å². The second-order valence-electron chi connectivity index (χ2n) is 6.52. The molecule has 154 valence electrons. The summed E-state index contributed by atoms with van der Waals surface area (Å²) in [5.74, 6) is 1.01. The molecule has 0 bridgehead atoms. The van der Waals surface area contributed by atoms with E-state index in [0.29, 0.717) is 53.1 Å². The van der Waals surface area contributed by atoms with Crippen molar-refractivity contribution in [2.45, 2.75) is 0 Å². The lowest BCUT2D eigenvalue weighted by atomic mass is 10.1. The van der Waals surface area contributed by atoms with Crippen LogP contribution >= 0.6 is 0 Å². The molecule has 0 aliphatic carbocycles. The first-order valence-corrected chi connectivity index (χ1v) is 9.30. The molecular formula is C21H21FN6O2. The minimum Gasteiger partial charge on any atom is -0.497 e. The number of halogens is 1. The number of fused-ring (bicyclic) bond motifs is 1. The summed E-state index contributed by atoms with van der Waals surface area (Å²) < 4.78 is 25.6. The van der Waals surface area contributed by atoms with Crippen molar-refractivity contribution in [1.82, 2.24) is 19.7 Å². The fourth-order valence-electron chi connectivity index (χ4n) is 3.14. The van der Waals surface area contributed by atoms with Crippen LogP contribution in [0.5, 0.6) is 5.75 Å². The maximum atomic E-state index is 13.8. The van der Waals surface area contributed by atoms with Gasteiger partial charge in [-0.15, -0.1) is 5.10 Å². The number of ether oxygens (including phenoxy) is 2. The first-order chi connectivity index (χ1) is 14.6. The lowest BCUT2D eigenvalue weighted by Gasteiger charge is -2.09. The highest BCUT2D eigenvalue weighted by Crippen LogP contribution is 2.34. The topological polar surface area (TPSA) is 100 Å². The van der Waals surface area contributed by atoms with Crippen LogP contribution in [0.3, 0.4) is 0 Å². The molecule has 2 aromatic heterocycles. The van der Waals surface area contributed by atoms with Gasteiger partial charge in [0.05, 0.1) is 30.5 Å². The van der Waals surface area contributed by atoms with Crippen LogP contribution in [0.1, 0.15) is 0 Å². The average Bonchev–Trinajstić information content (AvgIpc) is 3.10. The van der Waals surface area contributed by atoms with E-state index in [2.05, 4.69) is 20.4 Å². The smallest absolute Gasteiger partial charge is 0.225 e. The lowest BCUT2D eigenvalue weighted by molar-refractivity contribution is 0.210. The Morgan fingerprint density at radius 1 is 1.10 bits per heavy atom. The van der Waals surface area contributed by atoms with Gasteiger partial charge in [-0.2, -0.15) is 4.98 Å². The van der Waals surface area contributed by atoms with Gasteiger partial charge in [-0.25, -0.2) is 14.1 Å². The van der Waals surface area contributed by atoms with E-state index < -0.39 is 0 Å². The molecule has 9 heteroatoms. The van der Waals surface area contributed by atoms with Gasteiger partial charge in [0, 0.05) is 19.2 Å². The molecule has 0 unspecified atom stereocenters. The van der Waals surface area contributed by atoms with Gasteiger partial charge in [0.25, 0.3) is 0 Å². The summed E-state index contributed by atoms with van der Waals surface area (Å²) in [6.45, 7) is 1.02. The van der Waals surface area contributed by atoms with Crippen molar-refractivity contribution in [3.63, 3.8) is 0 Å². The van der Waals surface area contributed by atoms with E-state index in [0.717, 1.165) is 5.56 Å². The Hall–Kier alpha value is -3.72. The molecule has 0 saturated carbocycles. The zero-order chi connectivity index (χ0) is 21.1. The van der Waals surface area contributed by atoms with Crippen LogP contribution in [0.2, 0.25) is 0 Å². The Morgan fingerprint density at radius 3 is 2.70 bits per heavy atom. The standard InChI is InChI=1S/C21H21FN6O2/c1-29-10-9-24-21-25-18(13-5-3-8-16(11-13)30-2)17-19(23)28(27-20(17)26-21)15-7-4-6-14(22)12-15/h3-8,11-12H,9-10,23H2,1-2H3,(H,24,26,27). The second kappa shape index (κ2) is 8.34. The average molecular weight is 408 g/mol. The Kier molecular flexibility index (Phi) is 5.44. The summed E-state index contributed by atoms with van der Waals surface area (Å²) >= 11 is 0. The van der Waals surface area contributed by atoms with Crippen LogP contribution in [-0.2, 0) is 4.74 Å². The SMILES string of the molecule is COCCNc1nc(-c2cccc(OC)c2)c2c(N)n(-c3cccc(F)c3)nc2n1. The fourth-order valence-corrected chi connectivity index (χ4v) is 3.14. The van der Waals surface area contributed by atoms with Gasteiger partial charge in [0.2, 0.25) is 5.95 Å². The zero-order valence-corrected chi connectivity index (χ0v) is 16.6. The van der Waals surface area contributed by atoms with Crippen molar-refractivity contribution >= 4 is 22.8 Å². The van der Waals surface area contributed by atoms with E-state index in [1.807, 2.05) is 24.3 Å². The molecular weight excluding hydrogens is 387 g/mol. The monoisotopic (exact) mass is 408 g/mol. The minimum atomic E-state index is -0.382. The minimum absolute atomic E-state index is 0.317. The Balaban J connectivity index is 1.92. The largest absolute Gasteiger partial charge is 0.497 e. The van der Waals surface area contributed by atoms with Gasteiger partial charge in [0.1, 0.15) is 17.4 Å². The fraction of sp³-hybridized carbons (Fsp3) is 0.190. The number of hydrogen-bond donors (Lipinski definition) is 2. The summed E-state index contributed by atoms with van der Waals surface area (Å²) in [6.07, 6.45) is 0. The third-order valence-electron chi connectivity index (χ3n) is 4.55. The summed E-state index contributed by atoms with van der Waals surface area (Å²) in [6, 6.07) is 13.5. The van der Waals surface area contributed by atoms with Crippen molar-refractivity contribution in [3.8, 4) is 22.7 Å². The summed E-state index contributed by atoms with van der Waals surface area (Å²) in [7, 11) is 3.22. The van der Waals surface area contributed by atoms with Crippen LogP contribution in [0.4, 0.5) is 16.2 Å². The van der Waals surface area contributed by atoms with Gasteiger partial charge in [-0.05, 0) is 30.3 Å². The number of anilines is 2. The predicted molar refractivity (Wildman–Crippen MR) is 113 cm³/mol. The molecule has 3 N–H and O–H groups in total. The van der Waals surface area contributed by atoms with Crippen molar-refractivity contribution in [2.24, 2.45) is 0 Å². The van der Waals surface area contributed by atoms with Crippen molar-refractivity contribution < 1.29 is 13.9 Å². The molecule has 30 heavy (non-hydrogen) atoms. The highest BCUT2D eigenvalue weighted by atomic mass is 19.1. The van der Waals surface area contributed by atoms with E-state index in [9.17, 15) is 4.39 Å². The van der Waals surface area contributed by atoms with E-state index in [1.54, 1.807) is 26.4 Å². The number of nitrogens with one attached hydrogen (secondary N) is 1. The molecule has 4 aromatic rings. The maximum absolute atomic E-state index is 13.8. The highest BCUT2D eigenvalue weighted by molar-refractivity contribution is 5.99. The second-order valence-corrected chi connectivity index (χ2v) is 6.52. The molecule has 8 nitrogen and oxygen atoms in total. The van der Waals surface area contributed by atoms with Crippen LogP contribution in [0.25, 0.3) is 28.0 Å². The molecule has 0 fully saturated rings. The highest BCUT2D eigenvalue weighted by Gasteiger charge is 2.19. The lowest BCUT2D eigenvalue weighted by Crippen LogP contribution is -2.10. The predicted octanol–water partition coefficient (Wildman–Crippen LogP) is 3.27. The molecule has 0 aliphatic rings. The van der Waals surface area contributed by atoms with E-state index in [1.165, 1.54) is 16.8 Å². The summed E-state index contributed by atoms with van der Waals surface area (Å²) in [4.78, 5) is 9.15. The van der Waals surface area contributed by atoms with Crippen LogP contribution < -0.4 is 15.8 Å². The molecule has 0 saturated heterocycles. The van der Waals surface area contributed by atoms with Gasteiger partial charge in [-0.1, -0.05) is 18.2 Å². The van der Waals surface area contributed by atoms with E-state index >= 15 is 0 Å². The quantitative estimate of drug-likeness (QED) is 0.453. The van der Waals surface area contributed by atoms with Crippen LogP contribution in [0.15, 0.2) is 48.5 Å². The third-order valence-corrected chi connectivity index (χ3v) is 4.55. The maximum Gasteiger partial charge on any atom is 0.225 e. The van der Waals surface area contributed by atoms with Gasteiger partial charge in [0.15, 0.2) is 5.65 Å². The number of aromatic nitrogens is 4. The van der Waals surface area contributed by atoms with Crippen molar-refractivity contribution in [2.75, 3.05) is 38.4 Å². The van der Waals surface area contributed by atoms with Gasteiger partial charge in [-0.3, -0.25) is 0 Å². The van der Waals surface area contributed by atoms with E-state index in [4.69, 9.17) is 15.2 Å². The van der Waals surface area contributed by atoms with Crippen molar-refractivity contribution in [1.29, 1.82) is 0 Å². The Bertz CT molecular complexity index is 1190. The first kappa shape index (κ1) is 19.6. The number of hydrogen-bond acceptors (Lipinski definition) is 7. The molecule has 0 spiro atoms. The first-order valence-electron chi connectivity index (χ1n) is 9.30. The van der Waals surface area contributed by atoms with E-state index in [-0.39, 0.29) is 5.82 Å². The number of methoxy groups -OCH3 is 2. The Morgan fingerprint density at radius 2 is 1.93 bits per heavy atom. The molecule has 0 aliphatic heterocycles. The van der Waals surface area contributed by atoms with Crippen LogP contribution in [0, 0.1) is 5.82 Å². The number of nitrogens with zero attached hydrogens (tertiary/aromatic N) is 4. The molecule has 2 aromatic carbocycles. The molecule has 0 atom stereocenters. The van der Waals surface area contributed by atoms with Gasteiger partial charge < -0.3 is 20.5 Å². The molecule has 2 heterocycles. The number of nitrogen functional groups attached to an aromatic ring is 1.